The summed E-state index contributed by atoms with van der Waals surface area (Å²) in [6.07, 6.45) is -0.151. The molecule has 6 nitrogen and oxygen atoms in total. The number of benzene rings is 2. The number of amides is 1. The lowest BCUT2D eigenvalue weighted by Gasteiger charge is -2.27. The number of anilines is 1. The molecule has 2 heterocycles. The third-order valence-corrected chi connectivity index (χ3v) is 5.38. The van der Waals surface area contributed by atoms with E-state index in [1.165, 1.54) is 0 Å². The van der Waals surface area contributed by atoms with Gasteiger partial charge in [0, 0.05) is 41.8 Å². The summed E-state index contributed by atoms with van der Waals surface area (Å²) in [7, 11) is 2.02. The molecule has 0 saturated carbocycles. The van der Waals surface area contributed by atoms with Gasteiger partial charge in [0.2, 0.25) is 0 Å². The predicted molar refractivity (Wildman–Crippen MR) is 116 cm³/mol. The summed E-state index contributed by atoms with van der Waals surface area (Å²) in [5.41, 5.74) is 4.81. The van der Waals surface area contributed by atoms with Gasteiger partial charge in [-0.2, -0.15) is 0 Å². The van der Waals surface area contributed by atoms with E-state index in [-0.39, 0.29) is 5.91 Å². The maximum absolute atomic E-state index is 13.2. The fourth-order valence-electron chi connectivity index (χ4n) is 3.80. The van der Waals surface area contributed by atoms with Gasteiger partial charge in [-0.1, -0.05) is 30.3 Å². The van der Waals surface area contributed by atoms with Crippen LogP contribution in [-0.4, -0.2) is 41.5 Å². The van der Waals surface area contributed by atoms with Gasteiger partial charge in [0.15, 0.2) is 6.10 Å². The zero-order valence-electron chi connectivity index (χ0n) is 17.4. The van der Waals surface area contributed by atoms with Crippen molar-refractivity contribution in [2.24, 2.45) is 0 Å². The minimum absolute atomic E-state index is 0.363. The van der Waals surface area contributed by atoms with Gasteiger partial charge in [-0.3, -0.25) is 9.78 Å². The second kappa shape index (κ2) is 8.24. The average Bonchev–Trinajstić information content (AvgIpc) is 2.72. The lowest BCUT2D eigenvalue weighted by atomic mass is 9.96. The molecule has 0 fully saturated rings. The Balaban J connectivity index is 1.61. The van der Waals surface area contributed by atoms with Crippen molar-refractivity contribution in [3.63, 3.8) is 0 Å². The summed E-state index contributed by atoms with van der Waals surface area (Å²) < 4.78 is 5.61. The van der Waals surface area contributed by atoms with Gasteiger partial charge in [-0.25, -0.2) is 4.79 Å². The van der Waals surface area contributed by atoms with E-state index >= 15 is 0 Å². The number of carbonyl (C=O) groups is 2. The first-order chi connectivity index (χ1) is 14.4. The first-order valence-corrected chi connectivity index (χ1v) is 10.1. The number of hydrogen-bond donors (Lipinski definition) is 1. The summed E-state index contributed by atoms with van der Waals surface area (Å²) >= 11 is 0. The van der Waals surface area contributed by atoms with Crippen LogP contribution in [0.15, 0.2) is 48.5 Å². The minimum Gasteiger partial charge on any atom is -0.449 e. The van der Waals surface area contributed by atoms with Crippen LogP contribution >= 0.6 is 0 Å². The lowest BCUT2D eigenvalue weighted by Crippen LogP contribution is -2.32. The summed E-state index contributed by atoms with van der Waals surface area (Å²) in [5, 5.41) is 3.56. The molecule has 4 rings (SSSR count). The first kappa shape index (κ1) is 20.0. The van der Waals surface area contributed by atoms with Crippen LogP contribution < -0.4 is 5.32 Å². The lowest BCUT2D eigenvalue weighted by molar-refractivity contribution is -0.123. The highest BCUT2D eigenvalue weighted by Gasteiger charge is 2.27. The van der Waals surface area contributed by atoms with Crippen LogP contribution in [0.3, 0.4) is 0 Å². The number of fused-ring (bicyclic) bond motifs is 2. The second-order valence-corrected chi connectivity index (χ2v) is 7.82. The Morgan fingerprint density at radius 2 is 1.97 bits per heavy atom. The fourth-order valence-corrected chi connectivity index (χ4v) is 3.80. The molecule has 0 saturated heterocycles. The van der Waals surface area contributed by atoms with Crippen LogP contribution in [0.2, 0.25) is 0 Å². The highest BCUT2D eigenvalue weighted by Crippen LogP contribution is 2.28. The van der Waals surface area contributed by atoms with Gasteiger partial charge in [-0.05, 0) is 44.7 Å². The molecule has 1 N–H and O–H groups in total. The number of likely N-dealkylation sites (N-methyl/N-ethyl adjacent to an activating group) is 1. The number of hydrogen-bond acceptors (Lipinski definition) is 5. The zero-order chi connectivity index (χ0) is 21.3. The van der Waals surface area contributed by atoms with Crippen molar-refractivity contribution in [3.8, 4) is 0 Å². The Labute approximate surface area is 175 Å². The van der Waals surface area contributed by atoms with E-state index < -0.39 is 12.1 Å². The molecular weight excluding hydrogens is 378 g/mol. The van der Waals surface area contributed by atoms with Crippen molar-refractivity contribution < 1.29 is 14.3 Å². The van der Waals surface area contributed by atoms with Gasteiger partial charge >= 0.3 is 5.97 Å². The van der Waals surface area contributed by atoms with Crippen molar-refractivity contribution in [2.75, 3.05) is 18.9 Å². The van der Waals surface area contributed by atoms with E-state index in [9.17, 15) is 9.59 Å². The summed E-state index contributed by atoms with van der Waals surface area (Å²) in [6, 6.07) is 15.1. The Kier molecular flexibility index (Phi) is 5.50. The molecule has 0 radical (unpaired) electrons. The number of aryl methyl sites for hydroxylation is 1. The molecule has 1 aliphatic heterocycles. The van der Waals surface area contributed by atoms with Gasteiger partial charge in [-0.15, -0.1) is 0 Å². The maximum Gasteiger partial charge on any atom is 0.339 e. The quantitative estimate of drug-likeness (QED) is 0.673. The summed E-state index contributed by atoms with van der Waals surface area (Å²) in [5.74, 6) is -0.856. The molecular formula is C24H25N3O3. The first-order valence-electron chi connectivity index (χ1n) is 10.1. The van der Waals surface area contributed by atoms with Crippen LogP contribution in [-0.2, 0) is 22.5 Å². The molecule has 1 aromatic heterocycles. The van der Waals surface area contributed by atoms with Gasteiger partial charge in [0.1, 0.15) is 0 Å². The van der Waals surface area contributed by atoms with Crippen molar-refractivity contribution in [1.29, 1.82) is 0 Å². The molecule has 154 valence electrons. The standard InChI is InChI=1S/C24H25N3O3/c1-15-7-6-8-17(13-15)25-23(28)16(2)30-24(29)22-18-9-4-5-10-20(18)26-21-11-12-27(3)14-19(21)22/h4-10,13,16H,11-12,14H2,1-3H3,(H,25,28). The Bertz CT molecular complexity index is 1130. The number of nitrogens with one attached hydrogen (secondary N) is 1. The van der Waals surface area contributed by atoms with Crippen LogP contribution in [0.25, 0.3) is 10.9 Å². The second-order valence-electron chi connectivity index (χ2n) is 7.82. The molecule has 0 aliphatic carbocycles. The molecule has 1 unspecified atom stereocenters. The Morgan fingerprint density at radius 3 is 2.77 bits per heavy atom. The number of para-hydroxylation sites is 1. The maximum atomic E-state index is 13.2. The predicted octanol–water partition coefficient (Wildman–Crippen LogP) is 3.72. The zero-order valence-corrected chi connectivity index (χ0v) is 17.4. The number of nitrogens with zero attached hydrogens (tertiary/aromatic N) is 2. The van der Waals surface area contributed by atoms with E-state index in [2.05, 4.69) is 10.2 Å². The van der Waals surface area contributed by atoms with Crippen molar-refractivity contribution in [1.82, 2.24) is 9.88 Å². The fraction of sp³-hybridized carbons (Fsp3) is 0.292. The van der Waals surface area contributed by atoms with E-state index in [0.717, 1.165) is 40.7 Å². The molecule has 1 atom stereocenters. The number of ether oxygens (including phenoxy) is 1. The minimum atomic E-state index is -0.929. The third kappa shape index (κ3) is 4.04. The van der Waals surface area contributed by atoms with Crippen LogP contribution in [0.4, 0.5) is 5.69 Å². The topological polar surface area (TPSA) is 71.5 Å². The van der Waals surface area contributed by atoms with Crippen LogP contribution in [0.5, 0.6) is 0 Å². The Hall–Kier alpha value is -3.25. The highest BCUT2D eigenvalue weighted by molar-refractivity contribution is 6.06. The van der Waals surface area contributed by atoms with Crippen molar-refractivity contribution in [2.45, 2.75) is 32.9 Å². The molecule has 6 heteroatoms. The summed E-state index contributed by atoms with van der Waals surface area (Å²) in [6.45, 7) is 5.06. The SMILES string of the molecule is Cc1cccc(NC(=O)C(C)OC(=O)c2c3c(nc4ccccc24)CCN(C)C3)c1. The largest absolute Gasteiger partial charge is 0.449 e. The average molecular weight is 403 g/mol. The highest BCUT2D eigenvalue weighted by atomic mass is 16.5. The monoisotopic (exact) mass is 403 g/mol. The van der Waals surface area contributed by atoms with Gasteiger partial charge in [0.25, 0.3) is 5.91 Å². The molecule has 3 aromatic rings. The van der Waals surface area contributed by atoms with Gasteiger partial charge in [0.05, 0.1) is 11.1 Å². The molecule has 0 spiro atoms. The molecule has 1 amide bonds. The number of aromatic nitrogens is 1. The van der Waals surface area contributed by atoms with E-state index in [4.69, 9.17) is 9.72 Å². The van der Waals surface area contributed by atoms with E-state index in [1.54, 1.807) is 6.92 Å². The normalized spacial score (nSPS) is 14.8. The van der Waals surface area contributed by atoms with E-state index in [0.29, 0.717) is 17.8 Å². The van der Waals surface area contributed by atoms with Crippen LogP contribution in [0, 0.1) is 6.92 Å². The van der Waals surface area contributed by atoms with E-state index in [1.807, 2.05) is 62.5 Å². The number of carbonyl (C=O) groups excluding carboxylic acids is 2. The third-order valence-electron chi connectivity index (χ3n) is 5.38. The number of rotatable bonds is 4. The number of esters is 1. The molecule has 1 aliphatic rings. The smallest absolute Gasteiger partial charge is 0.339 e. The summed E-state index contributed by atoms with van der Waals surface area (Å²) in [4.78, 5) is 32.7. The van der Waals surface area contributed by atoms with Crippen molar-refractivity contribution in [3.05, 3.63) is 70.9 Å². The molecule has 30 heavy (non-hydrogen) atoms. The van der Waals surface area contributed by atoms with Crippen LogP contribution in [0.1, 0.15) is 34.1 Å². The van der Waals surface area contributed by atoms with Gasteiger partial charge < -0.3 is 15.0 Å². The molecule has 2 aromatic carbocycles. The Morgan fingerprint density at radius 1 is 1.17 bits per heavy atom. The van der Waals surface area contributed by atoms with Crippen molar-refractivity contribution >= 4 is 28.5 Å². The molecule has 0 bridgehead atoms. The number of pyridine rings is 1.